The number of carbonyl (C=O) groups is 1. The van der Waals surface area contributed by atoms with Crippen molar-refractivity contribution in [2.24, 2.45) is 0 Å². The molecule has 0 saturated carbocycles. The van der Waals surface area contributed by atoms with E-state index >= 15 is 0 Å². The number of carbonyl (C=O) groups excluding carboxylic acids is 1. The van der Waals surface area contributed by atoms with E-state index in [0.717, 1.165) is 19.5 Å². The predicted octanol–water partition coefficient (Wildman–Crippen LogP) is 0.608. The summed E-state index contributed by atoms with van der Waals surface area (Å²) in [6.07, 6.45) is 5.01. The van der Waals surface area contributed by atoms with Crippen molar-refractivity contribution in [3.63, 3.8) is 0 Å². The van der Waals surface area contributed by atoms with E-state index in [1.165, 1.54) is 12.2 Å². The lowest BCUT2D eigenvalue weighted by molar-refractivity contribution is -0.122. The van der Waals surface area contributed by atoms with Crippen LogP contribution in [0.2, 0.25) is 0 Å². The largest absolute Gasteiger partial charge is 0.355 e. The van der Waals surface area contributed by atoms with E-state index in [1.807, 2.05) is 11.8 Å². The number of hydrogen-bond donors (Lipinski definition) is 2. The van der Waals surface area contributed by atoms with Crippen molar-refractivity contribution < 1.29 is 4.79 Å². The molecule has 1 unspecified atom stereocenters. The van der Waals surface area contributed by atoms with E-state index in [2.05, 4.69) is 16.9 Å². The molecule has 13 heavy (non-hydrogen) atoms. The molecular formula is C9H18N2OS. The Labute approximate surface area is 84.0 Å². The number of piperidine rings is 1. The van der Waals surface area contributed by atoms with Gasteiger partial charge < -0.3 is 10.6 Å². The van der Waals surface area contributed by atoms with Gasteiger partial charge in [-0.2, -0.15) is 11.8 Å². The maximum atomic E-state index is 10.8. The summed E-state index contributed by atoms with van der Waals surface area (Å²) in [5.74, 6) is 1.41. The molecule has 1 fully saturated rings. The van der Waals surface area contributed by atoms with Crippen LogP contribution in [0.4, 0.5) is 0 Å². The molecule has 76 valence electrons. The van der Waals surface area contributed by atoms with Crippen LogP contribution in [0.1, 0.15) is 19.3 Å². The fourth-order valence-electron chi connectivity index (χ4n) is 1.43. The minimum absolute atomic E-state index is 0.196. The van der Waals surface area contributed by atoms with Gasteiger partial charge in [0, 0.05) is 19.0 Å². The van der Waals surface area contributed by atoms with Crippen LogP contribution < -0.4 is 10.6 Å². The topological polar surface area (TPSA) is 41.1 Å². The molecule has 4 heteroatoms. The van der Waals surface area contributed by atoms with E-state index in [0.29, 0.717) is 12.5 Å². The fourth-order valence-corrected chi connectivity index (χ4v) is 1.86. The second-order valence-corrected chi connectivity index (χ2v) is 4.33. The molecule has 1 saturated heterocycles. The quantitative estimate of drug-likeness (QED) is 0.642. The highest BCUT2D eigenvalue weighted by Gasteiger charge is 2.16. The average Bonchev–Trinajstić information content (AvgIpc) is 2.15. The number of rotatable bonds is 5. The molecule has 1 aliphatic rings. The van der Waals surface area contributed by atoms with Crippen LogP contribution in [0.25, 0.3) is 0 Å². The molecule has 0 aromatic rings. The molecular weight excluding hydrogens is 184 g/mol. The van der Waals surface area contributed by atoms with Crippen LogP contribution in [0.5, 0.6) is 0 Å². The Morgan fingerprint density at radius 2 is 2.54 bits per heavy atom. The molecule has 1 amide bonds. The predicted molar refractivity (Wildman–Crippen MR) is 57.0 cm³/mol. The highest BCUT2D eigenvalue weighted by Crippen LogP contribution is 2.02. The molecule has 0 radical (unpaired) electrons. The Kier molecular flexibility index (Phi) is 5.23. The van der Waals surface area contributed by atoms with E-state index in [1.54, 1.807) is 0 Å². The van der Waals surface area contributed by atoms with E-state index in [4.69, 9.17) is 0 Å². The first-order valence-corrected chi connectivity index (χ1v) is 6.21. The van der Waals surface area contributed by atoms with Crippen molar-refractivity contribution in [3.05, 3.63) is 0 Å². The zero-order chi connectivity index (χ0) is 9.52. The highest BCUT2D eigenvalue weighted by atomic mass is 32.2. The van der Waals surface area contributed by atoms with E-state index < -0.39 is 0 Å². The Hall–Kier alpha value is -0.220. The van der Waals surface area contributed by atoms with E-state index in [-0.39, 0.29) is 5.91 Å². The number of amides is 1. The molecule has 0 bridgehead atoms. The van der Waals surface area contributed by atoms with Gasteiger partial charge in [0.25, 0.3) is 0 Å². The van der Waals surface area contributed by atoms with E-state index in [9.17, 15) is 4.79 Å². The number of nitrogens with one attached hydrogen (secondary N) is 2. The van der Waals surface area contributed by atoms with Crippen LogP contribution >= 0.6 is 11.8 Å². The van der Waals surface area contributed by atoms with Gasteiger partial charge in [-0.05, 0) is 31.4 Å². The molecule has 0 aromatic carbocycles. The van der Waals surface area contributed by atoms with Gasteiger partial charge >= 0.3 is 0 Å². The van der Waals surface area contributed by atoms with Gasteiger partial charge in [-0.15, -0.1) is 0 Å². The van der Waals surface area contributed by atoms with Crippen LogP contribution in [0.3, 0.4) is 0 Å². The maximum absolute atomic E-state index is 10.8. The van der Waals surface area contributed by atoms with Crippen LogP contribution in [-0.4, -0.2) is 37.0 Å². The summed E-state index contributed by atoms with van der Waals surface area (Å²) in [6.45, 7) is 1.87. The summed E-state index contributed by atoms with van der Waals surface area (Å²) >= 11 is 1.88. The number of thioether (sulfide) groups is 1. The Balaban J connectivity index is 1.99. The highest BCUT2D eigenvalue weighted by molar-refractivity contribution is 7.98. The minimum Gasteiger partial charge on any atom is -0.355 e. The lowest BCUT2D eigenvalue weighted by Gasteiger charge is -2.23. The lowest BCUT2D eigenvalue weighted by atomic mass is 10.1. The summed E-state index contributed by atoms with van der Waals surface area (Å²) in [5, 5.41) is 6.32. The van der Waals surface area contributed by atoms with Gasteiger partial charge in [-0.3, -0.25) is 4.79 Å². The molecule has 0 aliphatic carbocycles. The third-order valence-electron chi connectivity index (χ3n) is 2.22. The Bertz CT molecular complexity index is 154. The molecule has 0 spiro atoms. The van der Waals surface area contributed by atoms with Crippen LogP contribution in [0.15, 0.2) is 0 Å². The van der Waals surface area contributed by atoms with Crippen molar-refractivity contribution in [1.29, 1.82) is 0 Å². The van der Waals surface area contributed by atoms with Gasteiger partial charge in [-0.25, -0.2) is 0 Å². The minimum atomic E-state index is 0.196. The summed E-state index contributed by atoms with van der Waals surface area (Å²) in [7, 11) is 0. The van der Waals surface area contributed by atoms with Crippen molar-refractivity contribution in [3.8, 4) is 0 Å². The normalized spacial score (nSPS) is 22.8. The van der Waals surface area contributed by atoms with Crippen molar-refractivity contribution in [2.45, 2.75) is 25.3 Å². The molecule has 2 N–H and O–H groups in total. The SMILES string of the molecule is CSCCCNC1CCC(=O)NC1. The monoisotopic (exact) mass is 202 g/mol. The van der Waals surface area contributed by atoms with Gasteiger partial charge in [0.05, 0.1) is 0 Å². The third kappa shape index (κ3) is 4.52. The fraction of sp³-hybridized carbons (Fsp3) is 0.889. The summed E-state index contributed by atoms with van der Waals surface area (Å²) in [4.78, 5) is 10.8. The maximum Gasteiger partial charge on any atom is 0.220 e. The third-order valence-corrected chi connectivity index (χ3v) is 2.92. The smallest absolute Gasteiger partial charge is 0.220 e. The average molecular weight is 202 g/mol. The standard InChI is InChI=1S/C9H18N2OS/c1-13-6-2-5-10-8-3-4-9(12)11-7-8/h8,10H,2-7H2,1H3,(H,11,12). The second-order valence-electron chi connectivity index (χ2n) is 3.34. The van der Waals surface area contributed by atoms with Crippen molar-refractivity contribution in [2.75, 3.05) is 25.1 Å². The van der Waals surface area contributed by atoms with Gasteiger partial charge in [0.15, 0.2) is 0 Å². The molecule has 1 heterocycles. The van der Waals surface area contributed by atoms with Crippen molar-refractivity contribution >= 4 is 17.7 Å². The van der Waals surface area contributed by atoms with Crippen LogP contribution in [-0.2, 0) is 4.79 Å². The summed E-state index contributed by atoms with van der Waals surface area (Å²) < 4.78 is 0. The van der Waals surface area contributed by atoms with Gasteiger partial charge in [-0.1, -0.05) is 0 Å². The molecule has 0 aromatic heterocycles. The zero-order valence-corrected chi connectivity index (χ0v) is 8.95. The van der Waals surface area contributed by atoms with Gasteiger partial charge in [0.1, 0.15) is 0 Å². The zero-order valence-electron chi connectivity index (χ0n) is 8.14. The Morgan fingerprint density at radius 1 is 1.69 bits per heavy atom. The first-order chi connectivity index (χ1) is 6.33. The second kappa shape index (κ2) is 6.27. The first-order valence-electron chi connectivity index (χ1n) is 4.82. The molecule has 1 atom stereocenters. The van der Waals surface area contributed by atoms with Gasteiger partial charge in [0.2, 0.25) is 5.91 Å². The molecule has 1 rings (SSSR count). The Morgan fingerprint density at radius 3 is 3.15 bits per heavy atom. The molecule has 3 nitrogen and oxygen atoms in total. The first kappa shape index (κ1) is 10.9. The molecule has 1 aliphatic heterocycles. The summed E-state index contributed by atoms with van der Waals surface area (Å²) in [5.41, 5.74) is 0. The van der Waals surface area contributed by atoms with Crippen molar-refractivity contribution in [1.82, 2.24) is 10.6 Å². The number of hydrogen-bond acceptors (Lipinski definition) is 3. The van der Waals surface area contributed by atoms with Crippen LogP contribution in [0, 0.1) is 0 Å². The summed E-state index contributed by atoms with van der Waals surface area (Å²) in [6, 6.07) is 0.500. The lowest BCUT2D eigenvalue weighted by Crippen LogP contribution is -2.45.